The zero-order valence-corrected chi connectivity index (χ0v) is 30.9. The minimum Gasteiger partial charge on any atom is -0.391 e. The lowest BCUT2D eigenvalue weighted by Crippen LogP contribution is -2.61. The fraction of sp³-hybridized carbons (Fsp3) is 1.00. The van der Waals surface area contributed by atoms with Crippen LogP contribution in [0.3, 0.4) is 0 Å². The molecule has 0 aliphatic rings. The van der Waals surface area contributed by atoms with E-state index in [2.05, 4.69) is 23.6 Å². The van der Waals surface area contributed by atoms with Crippen molar-refractivity contribution in [3.8, 4) is 0 Å². The number of aliphatic hydroxyl groups is 4. The zero-order valence-electron chi connectivity index (χ0n) is 30.9. The molecule has 0 saturated carbocycles. The fourth-order valence-electron chi connectivity index (χ4n) is 6.58. The Balaban J connectivity index is 5.01. The minimum absolute atomic E-state index is 0.136. The highest BCUT2D eigenvalue weighted by Crippen LogP contribution is 2.20. The lowest BCUT2D eigenvalue weighted by Gasteiger charge is -2.44. The van der Waals surface area contributed by atoms with Crippen LogP contribution in [0, 0.1) is 0 Å². The highest BCUT2D eigenvalue weighted by molar-refractivity contribution is 4.86. The second-order valence-electron chi connectivity index (χ2n) is 14.2. The third-order valence-corrected chi connectivity index (χ3v) is 9.58. The number of nitrogens with two attached hydrogens (primary N) is 2. The molecule has 0 aromatic heterocycles. The molecule has 0 spiro atoms. The molecule has 0 bridgehead atoms. The van der Waals surface area contributed by atoms with E-state index < -0.39 is 30.6 Å². The Morgan fingerprint density at radius 1 is 0.435 bits per heavy atom. The zero-order chi connectivity index (χ0) is 34.3. The number of hydrogen-bond donors (Lipinski definition) is 6. The lowest BCUT2D eigenvalue weighted by atomic mass is 10.0. The lowest BCUT2D eigenvalue weighted by molar-refractivity contribution is -0.108. The maximum atomic E-state index is 11.3. The molecular weight excluding hydrogens is 576 g/mol. The van der Waals surface area contributed by atoms with Crippen molar-refractivity contribution < 1.29 is 20.4 Å². The summed E-state index contributed by atoms with van der Waals surface area (Å²) in [5.41, 5.74) is 11.7. The van der Waals surface area contributed by atoms with Crippen LogP contribution in [-0.4, -0.2) is 100 Å². The van der Waals surface area contributed by atoms with Gasteiger partial charge in [0.2, 0.25) is 0 Å². The molecule has 46 heavy (non-hydrogen) atoms. The van der Waals surface area contributed by atoms with E-state index in [9.17, 15) is 20.4 Å². The Kier molecular flexibility index (Phi) is 33.0. The van der Waals surface area contributed by atoms with Gasteiger partial charge >= 0.3 is 0 Å². The summed E-state index contributed by atoms with van der Waals surface area (Å²) in [7, 11) is 0. The predicted molar refractivity (Wildman–Crippen MR) is 197 cm³/mol. The monoisotopic (exact) mass is 659 g/mol. The Bertz CT molecular complexity index is 571. The van der Waals surface area contributed by atoms with E-state index >= 15 is 0 Å². The number of nitrogens with zero attached hydrogens (tertiary/aromatic N) is 2. The van der Waals surface area contributed by atoms with Crippen molar-refractivity contribution in [3.63, 3.8) is 0 Å². The van der Waals surface area contributed by atoms with Gasteiger partial charge in [0.05, 0.1) is 24.5 Å². The van der Waals surface area contributed by atoms with Crippen LogP contribution < -0.4 is 11.5 Å². The average Bonchev–Trinajstić information content (AvgIpc) is 3.05. The van der Waals surface area contributed by atoms with Crippen molar-refractivity contribution in [3.05, 3.63) is 0 Å². The molecule has 8 N–H and O–H groups in total. The van der Waals surface area contributed by atoms with Gasteiger partial charge in [-0.3, -0.25) is 9.80 Å². The van der Waals surface area contributed by atoms with Gasteiger partial charge in [0.1, 0.15) is 6.10 Å². The molecule has 8 heteroatoms. The standard InChI is InChI=1S/C38H82N4O4/c1-4-6-8-10-12-14-16-18-20-22-24-26-28-41(32-35(44)30-39)38(37(46)34(3)43)42(33-36(45)31-40)29-27-25-23-21-19-17-15-13-11-9-7-5-2/h34-38,43-46H,4-33,39-40H2,1-3H3. The highest BCUT2D eigenvalue weighted by atomic mass is 16.3. The first-order valence-corrected chi connectivity index (χ1v) is 19.9. The Morgan fingerprint density at radius 2 is 0.696 bits per heavy atom. The third-order valence-electron chi connectivity index (χ3n) is 9.58. The first-order valence-electron chi connectivity index (χ1n) is 19.9. The van der Waals surface area contributed by atoms with Crippen LogP contribution in [0.15, 0.2) is 0 Å². The van der Waals surface area contributed by atoms with Crippen LogP contribution in [0.2, 0.25) is 0 Å². The van der Waals surface area contributed by atoms with Gasteiger partial charge in [-0.25, -0.2) is 0 Å². The van der Waals surface area contributed by atoms with Gasteiger partial charge in [0.15, 0.2) is 0 Å². The van der Waals surface area contributed by atoms with Gasteiger partial charge in [-0.2, -0.15) is 0 Å². The van der Waals surface area contributed by atoms with Crippen molar-refractivity contribution in [2.24, 2.45) is 11.5 Å². The van der Waals surface area contributed by atoms with Gasteiger partial charge in [-0.05, 0) is 32.9 Å². The van der Waals surface area contributed by atoms with Crippen LogP contribution in [0.5, 0.6) is 0 Å². The van der Waals surface area contributed by atoms with Crippen LogP contribution in [-0.2, 0) is 0 Å². The van der Waals surface area contributed by atoms with E-state index in [1.807, 2.05) is 0 Å². The maximum Gasteiger partial charge on any atom is 0.108 e. The molecule has 0 aliphatic carbocycles. The molecular formula is C38H82N4O4. The fourth-order valence-corrected chi connectivity index (χ4v) is 6.58. The van der Waals surface area contributed by atoms with Gasteiger partial charge < -0.3 is 31.9 Å². The molecule has 0 fully saturated rings. The summed E-state index contributed by atoms with van der Waals surface area (Å²) in [6, 6.07) is 0. The highest BCUT2D eigenvalue weighted by Gasteiger charge is 2.35. The van der Waals surface area contributed by atoms with Crippen LogP contribution in [0.25, 0.3) is 0 Å². The summed E-state index contributed by atoms with van der Waals surface area (Å²) in [5.74, 6) is 0. The minimum atomic E-state index is -1.05. The molecule has 0 aliphatic heterocycles. The van der Waals surface area contributed by atoms with Crippen molar-refractivity contribution in [1.29, 1.82) is 0 Å². The topological polar surface area (TPSA) is 139 Å². The van der Waals surface area contributed by atoms with Gasteiger partial charge in [-0.15, -0.1) is 0 Å². The van der Waals surface area contributed by atoms with Crippen molar-refractivity contribution >= 4 is 0 Å². The van der Waals surface area contributed by atoms with Crippen LogP contribution >= 0.6 is 0 Å². The summed E-state index contributed by atoms with van der Waals surface area (Å²) >= 11 is 0. The molecule has 0 saturated heterocycles. The van der Waals surface area contributed by atoms with Crippen LogP contribution in [0.4, 0.5) is 0 Å². The SMILES string of the molecule is CCCCCCCCCCCCCCN(CC(O)CN)C(C(O)C(C)O)N(CCCCCCCCCCCCCC)CC(O)CN. The largest absolute Gasteiger partial charge is 0.391 e. The summed E-state index contributed by atoms with van der Waals surface area (Å²) in [6.45, 7) is 8.42. The second kappa shape index (κ2) is 33.2. The van der Waals surface area contributed by atoms with Crippen molar-refractivity contribution in [2.75, 3.05) is 39.3 Å². The molecule has 0 amide bonds. The smallest absolute Gasteiger partial charge is 0.108 e. The number of aliphatic hydroxyl groups excluding tert-OH is 4. The summed E-state index contributed by atoms with van der Waals surface area (Å²) in [6.07, 6.45) is 26.4. The van der Waals surface area contributed by atoms with E-state index in [-0.39, 0.29) is 13.1 Å². The Labute approximate surface area is 286 Å². The summed E-state index contributed by atoms with van der Waals surface area (Å²) in [5, 5.41) is 43.0. The number of unbranched alkanes of at least 4 members (excludes halogenated alkanes) is 22. The Hall–Kier alpha value is -0.320. The van der Waals surface area contributed by atoms with Crippen molar-refractivity contribution in [1.82, 2.24) is 9.80 Å². The van der Waals surface area contributed by atoms with E-state index in [0.29, 0.717) is 26.2 Å². The predicted octanol–water partition coefficient (Wildman–Crippen LogP) is 6.70. The van der Waals surface area contributed by atoms with Crippen LogP contribution in [0.1, 0.15) is 175 Å². The quantitative estimate of drug-likeness (QED) is 0.0323. The second-order valence-corrected chi connectivity index (χ2v) is 14.2. The Morgan fingerprint density at radius 3 is 0.935 bits per heavy atom. The summed E-state index contributed by atoms with van der Waals surface area (Å²) in [4.78, 5) is 4.18. The van der Waals surface area contributed by atoms with Crippen molar-refractivity contribution in [2.45, 2.75) is 205 Å². The molecule has 4 unspecified atom stereocenters. The van der Waals surface area contributed by atoms with E-state index in [4.69, 9.17) is 11.5 Å². The molecule has 0 heterocycles. The van der Waals surface area contributed by atoms with E-state index in [0.717, 1.165) is 25.7 Å². The summed E-state index contributed by atoms with van der Waals surface area (Å²) < 4.78 is 0. The molecule has 8 nitrogen and oxygen atoms in total. The molecule has 0 radical (unpaired) electrons. The maximum absolute atomic E-state index is 11.3. The first kappa shape index (κ1) is 45.7. The van der Waals surface area contributed by atoms with E-state index in [1.165, 1.54) is 128 Å². The van der Waals surface area contributed by atoms with E-state index in [1.54, 1.807) is 6.92 Å². The number of rotatable bonds is 36. The van der Waals surface area contributed by atoms with Gasteiger partial charge in [0.25, 0.3) is 0 Å². The molecule has 278 valence electrons. The molecule has 0 aromatic carbocycles. The molecule has 0 aromatic rings. The number of hydrogen-bond acceptors (Lipinski definition) is 8. The molecule has 4 atom stereocenters. The van der Waals surface area contributed by atoms with Gasteiger partial charge in [0, 0.05) is 26.2 Å². The molecule has 0 rings (SSSR count). The first-order chi connectivity index (χ1) is 22.3. The average molecular weight is 659 g/mol. The normalized spacial score (nSPS) is 15.5. The van der Waals surface area contributed by atoms with Gasteiger partial charge in [-0.1, -0.05) is 155 Å². The third kappa shape index (κ3) is 25.7.